The third kappa shape index (κ3) is 1.60. The van der Waals surface area contributed by atoms with Gasteiger partial charge in [0, 0.05) is 18.4 Å². The first-order valence-corrected chi connectivity index (χ1v) is 6.72. The molecule has 0 aliphatic heterocycles. The Morgan fingerprint density at radius 1 is 1.06 bits per heavy atom. The van der Waals surface area contributed by atoms with E-state index in [1.807, 2.05) is 0 Å². The van der Waals surface area contributed by atoms with Gasteiger partial charge in [0.1, 0.15) is 5.82 Å². The minimum atomic E-state index is 0.989. The number of fused-ring (bicyclic) bond motifs is 3. The molecule has 3 aromatic rings. The normalized spacial score (nSPS) is 11.4. The van der Waals surface area contributed by atoms with E-state index in [-0.39, 0.29) is 0 Å². The smallest absolute Gasteiger partial charge is 0.109 e. The van der Waals surface area contributed by atoms with E-state index in [1.165, 1.54) is 22.1 Å². The van der Waals surface area contributed by atoms with Crippen LogP contribution >= 0.6 is 0 Å². The Hall–Kier alpha value is -1.83. The van der Waals surface area contributed by atoms with Gasteiger partial charge in [-0.05, 0) is 17.9 Å². The summed E-state index contributed by atoms with van der Waals surface area (Å²) in [4.78, 5) is 4.76. The second-order valence-electron chi connectivity index (χ2n) is 4.69. The van der Waals surface area contributed by atoms with Crippen LogP contribution in [0.1, 0.15) is 26.1 Å². The maximum Gasteiger partial charge on any atom is 0.109 e. The molecule has 0 unspecified atom stereocenters. The van der Waals surface area contributed by atoms with Crippen LogP contribution in [0.5, 0.6) is 0 Å². The van der Waals surface area contributed by atoms with Crippen LogP contribution in [0.25, 0.3) is 21.8 Å². The molecule has 0 radical (unpaired) electrons. The summed E-state index contributed by atoms with van der Waals surface area (Å²) >= 11 is 0. The minimum Gasteiger partial charge on any atom is -0.328 e. The first-order valence-electron chi connectivity index (χ1n) is 6.72. The summed E-state index contributed by atoms with van der Waals surface area (Å²) in [6.07, 6.45) is 2.13. The van der Waals surface area contributed by atoms with Crippen LogP contribution in [0.15, 0.2) is 36.4 Å². The van der Waals surface area contributed by atoms with Crippen LogP contribution < -0.4 is 0 Å². The Morgan fingerprint density at radius 3 is 2.67 bits per heavy atom. The van der Waals surface area contributed by atoms with Crippen LogP contribution in [0, 0.1) is 0 Å². The van der Waals surface area contributed by atoms with Gasteiger partial charge in [0.05, 0.1) is 11.0 Å². The first kappa shape index (κ1) is 11.3. The van der Waals surface area contributed by atoms with Gasteiger partial charge in [-0.25, -0.2) is 4.98 Å². The summed E-state index contributed by atoms with van der Waals surface area (Å²) in [6, 6.07) is 12.9. The molecule has 1 heterocycles. The molecule has 0 bridgehead atoms. The summed E-state index contributed by atoms with van der Waals surface area (Å²) < 4.78 is 2.39. The molecule has 0 amide bonds. The zero-order chi connectivity index (χ0) is 12.5. The Balaban J connectivity index is 2.43. The standard InChI is InChI=1S/C16H18N2/c1-3-11-18-15(4-2)17-14-10-9-12-7-5-6-8-13(12)16(14)18/h5-10H,3-4,11H2,1-2H3. The highest BCUT2D eigenvalue weighted by Crippen LogP contribution is 2.26. The lowest BCUT2D eigenvalue weighted by atomic mass is 10.1. The van der Waals surface area contributed by atoms with E-state index in [4.69, 9.17) is 4.98 Å². The number of benzene rings is 2. The molecule has 2 nitrogen and oxygen atoms in total. The molecule has 0 N–H and O–H groups in total. The van der Waals surface area contributed by atoms with Crippen molar-refractivity contribution in [3.8, 4) is 0 Å². The number of hydrogen-bond donors (Lipinski definition) is 0. The van der Waals surface area contributed by atoms with Gasteiger partial charge < -0.3 is 4.57 Å². The molecule has 2 heteroatoms. The summed E-state index contributed by atoms with van der Waals surface area (Å²) in [5, 5.41) is 2.61. The lowest BCUT2D eigenvalue weighted by Gasteiger charge is -2.08. The van der Waals surface area contributed by atoms with Crippen molar-refractivity contribution in [3.05, 3.63) is 42.2 Å². The second-order valence-corrected chi connectivity index (χ2v) is 4.69. The number of aryl methyl sites for hydroxylation is 2. The van der Waals surface area contributed by atoms with Gasteiger partial charge >= 0.3 is 0 Å². The van der Waals surface area contributed by atoms with E-state index in [9.17, 15) is 0 Å². The Kier molecular flexibility index (Phi) is 2.78. The number of aromatic nitrogens is 2. The number of imidazole rings is 1. The molecule has 92 valence electrons. The van der Waals surface area contributed by atoms with E-state index >= 15 is 0 Å². The van der Waals surface area contributed by atoms with Gasteiger partial charge in [-0.1, -0.05) is 44.2 Å². The van der Waals surface area contributed by atoms with Gasteiger partial charge in [-0.3, -0.25) is 0 Å². The monoisotopic (exact) mass is 238 g/mol. The Morgan fingerprint density at radius 2 is 1.89 bits per heavy atom. The third-order valence-electron chi connectivity index (χ3n) is 3.47. The van der Waals surface area contributed by atoms with E-state index in [0.717, 1.165) is 24.9 Å². The fourth-order valence-electron chi connectivity index (χ4n) is 2.68. The predicted octanol–water partition coefficient (Wildman–Crippen LogP) is 4.16. The van der Waals surface area contributed by atoms with Crippen molar-refractivity contribution < 1.29 is 0 Å². The fourth-order valence-corrected chi connectivity index (χ4v) is 2.68. The molecule has 0 aliphatic carbocycles. The lowest BCUT2D eigenvalue weighted by Crippen LogP contribution is -2.02. The van der Waals surface area contributed by atoms with Crippen molar-refractivity contribution in [1.29, 1.82) is 0 Å². The van der Waals surface area contributed by atoms with E-state index in [1.54, 1.807) is 0 Å². The molecule has 0 saturated carbocycles. The maximum atomic E-state index is 4.76. The lowest BCUT2D eigenvalue weighted by molar-refractivity contribution is 0.661. The molecule has 18 heavy (non-hydrogen) atoms. The van der Waals surface area contributed by atoms with E-state index < -0.39 is 0 Å². The highest BCUT2D eigenvalue weighted by molar-refractivity contribution is 6.04. The van der Waals surface area contributed by atoms with Gasteiger partial charge in [0.25, 0.3) is 0 Å². The molecule has 0 fully saturated rings. The summed E-state index contributed by atoms with van der Waals surface area (Å²) in [5.74, 6) is 1.20. The van der Waals surface area contributed by atoms with Crippen LogP contribution in [-0.4, -0.2) is 9.55 Å². The zero-order valence-electron chi connectivity index (χ0n) is 11.0. The number of nitrogens with zero attached hydrogens (tertiary/aromatic N) is 2. The first-order chi connectivity index (χ1) is 8.85. The maximum absolute atomic E-state index is 4.76. The molecular weight excluding hydrogens is 220 g/mol. The molecule has 0 atom stereocenters. The van der Waals surface area contributed by atoms with Gasteiger partial charge in [-0.15, -0.1) is 0 Å². The van der Waals surface area contributed by atoms with Crippen LogP contribution in [0.3, 0.4) is 0 Å². The molecule has 3 rings (SSSR count). The van der Waals surface area contributed by atoms with Crippen molar-refractivity contribution >= 4 is 21.8 Å². The third-order valence-corrected chi connectivity index (χ3v) is 3.47. The van der Waals surface area contributed by atoms with Crippen LogP contribution in [0.2, 0.25) is 0 Å². The summed E-state index contributed by atoms with van der Waals surface area (Å²) in [5.41, 5.74) is 2.42. The molecule has 0 aliphatic rings. The highest BCUT2D eigenvalue weighted by Gasteiger charge is 2.11. The topological polar surface area (TPSA) is 17.8 Å². The second kappa shape index (κ2) is 4.45. The fraction of sp³-hybridized carbons (Fsp3) is 0.312. The molecule has 1 aromatic heterocycles. The van der Waals surface area contributed by atoms with Gasteiger partial charge in [-0.2, -0.15) is 0 Å². The number of hydrogen-bond acceptors (Lipinski definition) is 1. The quantitative estimate of drug-likeness (QED) is 0.670. The summed E-state index contributed by atoms with van der Waals surface area (Å²) in [6.45, 7) is 5.44. The molecule has 2 aromatic carbocycles. The minimum absolute atomic E-state index is 0.989. The highest BCUT2D eigenvalue weighted by atomic mass is 15.1. The van der Waals surface area contributed by atoms with Crippen molar-refractivity contribution in [2.75, 3.05) is 0 Å². The average Bonchev–Trinajstić information content (AvgIpc) is 2.78. The Bertz CT molecular complexity index is 695. The predicted molar refractivity (Wildman–Crippen MR) is 76.9 cm³/mol. The SMILES string of the molecule is CCCn1c(CC)nc2ccc3ccccc3c21. The average molecular weight is 238 g/mol. The molecule has 0 spiro atoms. The van der Waals surface area contributed by atoms with E-state index in [0.29, 0.717) is 0 Å². The van der Waals surface area contributed by atoms with Crippen molar-refractivity contribution in [3.63, 3.8) is 0 Å². The molecular formula is C16H18N2. The zero-order valence-corrected chi connectivity index (χ0v) is 11.0. The van der Waals surface area contributed by atoms with Gasteiger partial charge in [0.15, 0.2) is 0 Å². The van der Waals surface area contributed by atoms with E-state index in [2.05, 4.69) is 54.8 Å². The van der Waals surface area contributed by atoms with Crippen molar-refractivity contribution in [1.82, 2.24) is 9.55 Å². The van der Waals surface area contributed by atoms with Crippen LogP contribution in [-0.2, 0) is 13.0 Å². The van der Waals surface area contributed by atoms with Crippen LogP contribution in [0.4, 0.5) is 0 Å². The number of rotatable bonds is 3. The van der Waals surface area contributed by atoms with Gasteiger partial charge in [0.2, 0.25) is 0 Å². The molecule has 0 saturated heterocycles. The van der Waals surface area contributed by atoms with Crippen molar-refractivity contribution in [2.45, 2.75) is 33.2 Å². The van der Waals surface area contributed by atoms with Crippen molar-refractivity contribution in [2.24, 2.45) is 0 Å². The largest absolute Gasteiger partial charge is 0.328 e. The summed E-state index contributed by atoms with van der Waals surface area (Å²) in [7, 11) is 0. The Labute approximate surface area is 107 Å².